The molecule has 1 heterocycles. The Morgan fingerprint density at radius 2 is 1.96 bits per heavy atom. The molecule has 1 amide bonds. The average Bonchev–Trinajstić information content (AvgIpc) is 2.71. The molecular formula is C21H18ClNO4. The SMILES string of the molecule is COc1ccc2ccccc2c1CNC(=O)c1cc(Cl)c2c(c1)OCCO2. The van der Waals surface area contributed by atoms with E-state index >= 15 is 0 Å². The largest absolute Gasteiger partial charge is 0.496 e. The van der Waals surface area contributed by atoms with Crippen LogP contribution in [0, 0.1) is 0 Å². The van der Waals surface area contributed by atoms with Gasteiger partial charge in [-0.2, -0.15) is 0 Å². The summed E-state index contributed by atoms with van der Waals surface area (Å²) < 4.78 is 16.5. The van der Waals surface area contributed by atoms with Crippen molar-refractivity contribution in [2.24, 2.45) is 0 Å². The lowest BCUT2D eigenvalue weighted by Crippen LogP contribution is -2.24. The minimum absolute atomic E-state index is 0.246. The zero-order valence-corrected chi connectivity index (χ0v) is 15.5. The number of nitrogens with one attached hydrogen (secondary N) is 1. The zero-order valence-electron chi connectivity index (χ0n) is 14.8. The van der Waals surface area contributed by atoms with Crippen LogP contribution < -0.4 is 19.5 Å². The van der Waals surface area contributed by atoms with Crippen LogP contribution in [0.3, 0.4) is 0 Å². The Hall–Kier alpha value is -2.92. The Morgan fingerprint density at radius 1 is 1.15 bits per heavy atom. The number of carbonyl (C=O) groups excluding carboxylic acids is 1. The van der Waals surface area contributed by atoms with Crippen LogP contribution in [0.15, 0.2) is 48.5 Å². The molecule has 1 aliphatic heterocycles. The molecule has 0 saturated heterocycles. The van der Waals surface area contributed by atoms with Gasteiger partial charge >= 0.3 is 0 Å². The summed E-state index contributed by atoms with van der Waals surface area (Å²) in [6, 6.07) is 15.1. The summed E-state index contributed by atoms with van der Waals surface area (Å²) >= 11 is 6.23. The first-order chi connectivity index (χ1) is 13.2. The van der Waals surface area contributed by atoms with Crippen molar-refractivity contribution in [3.05, 3.63) is 64.7 Å². The first kappa shape index (κ1) is 17.5. The van der Waals surface area contributed by atoms with Gasteiger partial charge in [0.2, 0.25) is 0 Å². The maximum Gasteiger partial charge on any atom is 0.251 e. The molecule has 3 aromatic carbocycles. The van der Waals surface area contributed by atoms with E-state index in [9.17, 15) is 4.79 Å². The Kier molecular flexibility index (Phi) is 4.77. The summed E-state index contributed by atoms with van der Waals surface area (Å²) in [6.07, 6.45) is 0. The number of benzene rings is 3. The van der Waals surface area contributed by atoms with E-state index in [1.165, 1.54) is 0 Å². The van der Waals surface area contributed by atoms with Crippen molar-refractivity contribution in [3.8, 4) is 17.2 Å². The Labute approximate surface area is 161 Å². The van der Waals surface area contributed by atoms with Crippen LogP contribution in [-0.4, -0.2) is 26.2 Å². The van der Waals surface area contributed by atoms with Crippen LogP contribution in [0.25, 0.3) is 10.8 Å². The van der Waals surface area contributed by atoms with Gasteiger partial charge in [-0.15, -0.1) is 0 Å². The number of hydrogen-bond donors (Lipinski definition) is 1. The van der Waals surface area contributed by atoms with Crippen LogP contribution in [0.2, 0.25) is 5.02 Å². The first-order valence-electron chi connectivity index (χ1n) is 8.59. The van der Waals surface area contributed by atoms with Crippen molar-refractivity contribution in [2.45, 2.75) is 6.54 Å². The molecule has 6 heteroatoms. The first-order valence-corrected chi connectivity index (χ1v) is 8.97. The van der Waals surface area contributed by atoms with E-state index in [1.807, 2.05) is 36.4 Å². The maximum atomic E-state index is 12.7. The fourth-order valence-corrected chi connectivity index (χ4v) is 3.47. The smallest absolute Gasteiger partial charge is 0.251 e. The lowest BCUT2D eigenvalue weighted by Gasteiger charge is -2.20. The van der Waals surface area contributed by atoms with Crippen LogP contribution in [0.4, 0.5) is 0 Å². The van der Waals surface area contributed by atoms with E-state index < -0.39 is 0 Å². The summed E-state index contributed by atoms with van der Waals surface area (Å²) in [5.74, 6) is 1.45. The second-order valence-corrected chi connectivity index (χ2v) is 6.54. The molecule has 0 fully saturated rings. The van der Waals surface area contributed by atoms with Gasteiger partial charge < -0.3 is 19.5 Å². The molecule has 5 nitrogen and oxygen atoms in total. The number of methoxy groups -OCH3 is 1. The quantitative estimate of drug-likeness (QED) is 0.733. The van der Waals surface area contributed by atoms with E-state index in [-0.39, 0.29) is 5.91 Å². The van der Waals surface area contributed by atoms with E-state index in [0.717, 1.165) is 22.1 Å². The van der Waals surface area contributed by atoms with Crippen molar-refractivity contribution in [3.63, 3.8) is 0 Å². The molecule has 0 bridgehead atoms. The molecule has 0 radical (unpaired) electrons. The topological polar surface area (TPSA) is 56.8 Å². The fourth-order valence-electron chi connectivity index (χ4n) is 3.20. The minimum atomic E-state index is -0.246. The second kappa shape index (κ2) is 7.37. The van der Waals surface area contributed by atoms with E-state index in [2.05, 4.69) is 5.32 Å². The lowest BCUT2D eigenvalue weighted by molar-refractivity contribution is 0.0949. The monoisotopic (exact) mass is 383 g/mol. The fraction of sp³-hybridized carbons (Fsp3) is 0.190. The summed E-state index contributed by atoms with van der Waals surface area (Å²) in [6.45, 7) is 1.20. The number of fused-ring (bicyclic) bond motifs is 2. The lowest BCUT2D eigenvalue weighted by atomic mass is 10.0. The van der Waals surface area contributed by atoms with Crippen molar-refractivity contribution in [1.29, 1.82) is 0 Å². The third kappa shape index (κ3) is 3.38. The molecule has 0 aliphatic carbocycles. The minimum Gasteiger partial charge on any atom is -0.496 e. The number of ether oxygens (including phenoxy) is 3. The molecule has 1 N–H and O–H groups in total. The van der Waals surface area contributed by atoms with Gasteiger partial charge in [0.05, 0.1) is 12.1 Å². The molecular weight excluding hydrogens is 366 g/mol. The van der Waals surface area contributed by atoms with Gasteiger partial charge in [0.25, 0.3) is 5.91 Å². The van der Waals surface area contributed by atoms with Gasteiger partial charge in [-0.1, -0.05) is 41.9 Å². The average molecular weight is 384 g/mol. The van der Waals surface area contributed by atoms with Crippen LogP contribution in [0.1, 0.15) is 15.9 Å². The molecule has 0 atom stereocenters. The van der Waals surface area contributed by atoms with Crippen LogP contribution in [-0.2, 0) is 6.54 Å². The van der Waals surface area contributed by atoms with Gasteiger partial charge in [0.15, 0.2) is 11.5 Å². The van der Waals surface area contributed by atoms with Gasteiger partial charge in [0.1, 0.15) is 19.0 Å². The number of amides is 1. The summed E-state index contributed by atoms with van der Waals surface area (Å²) in [5, 5.41) is 5.43. The maximum absolute atomic E-state index is 12.7. The number of carbonyl (C=O) groups is 1. The van der Waals surface area contributed by atoms with E-state index in [1.54, 1.807) is 19.2 Å². The molecule has 3 aromatic rings. The number of halogens is 1. The van der Waals surface area contributed by atoms with Gasteiger partial charge in [-0.05, 0) is 29.0 Å². The van der Waals surface area contributed by atoms with Crippen molar-refractivity contribution < 1.29 is 19.0 Å². The highest BCUT2D eigenvalue weighted by Crippen LogP contribution is 2.38. The molecule has 0 spiro atoms. The Bertz CT molecular complexity index is 1020. The van der Waals surface area contributed by atoms with Crippen molar-refractivity contribution >= 4 is 28.3 Å². The summed E-state index contributed by atoms with van der Waals surface area (Å²) in [7, 11) is 1.62. The molecule has 0 saturated carbocycles. The number of rotatable bonds is 4. The molecule has 27 heavy (non-hydrogen) atoms. The highest BCUT2D eigenvalue weighted by Gasteiger charge is 2.19. The molecule has 0 aromatic heterocycles. The Balaban J connectivity index is 1.60. The number of hydrogen-bond acceptors (Lipinski definition) is 4. The van der Waals surface area contributed by atoms with E-state index in [0.29, 0.717) is 41.8 Å². The Morgan fingerprint density at radius 3 is 2.81 bits per heavy atom. The van der Waals surface area contributed by atoms with Gasteiger partial charge in [-0.3, -0.25) is 4.79 Å². The standard InChI is InChI=1S/C21H18ClNO4/c1-25-18-7-6-13-4-2-3-5-15(13)16(18)12-23-21(24)14-10-17(22)20-19(11-14)26-8-9-27-20/h2-7,10-11H,8-9,12H2,1H3,(H,23,24). The zero-order chi connectivity index (χ0) is 18.8. The predicted molar refractivity (Wildman–Crippen MR) is 104 cm³/mol. The van der Waals surface area contributed by atoms with Crippen molar-refractivity contribution in [2.75, 3.05) is 20.3 Å². The van der Waals surface area contributed by atoms with Crippen molar-refractivity contribution in [1.82, 2.24) is 5.32 Å². The van der Waals surface area contributed by atoms with E-state index in [4.69, 9.17) is 25.8 Å². The predicted octanol–water partition coefficient (Wildman–Crippen LogP) is 4.20. The third-order valence-corrected chi connectivity index (χ3v) is 4.78. The summed E-state index contributed by atoms with van der Waals surface area (Å²) in [5.41, 5.74) is 1.34. The normalized spacial score (nSPS) is 12.7. The molecule has 1 aliphatic rings. The highest BCUT2D eigenvalue weighted by atomic mass is 35.5. The van der Waals surface area contributed by atoms with Crippen LogP contribution >= 0.6 is 11.6 Å². The van der Waals surface area contributed by atoms with Gasteiger partial charge in [0, 0.05) is 17.7 Å². The summed E-state index contributed by atoms with van der Waals surface area (Å²) in [4.78, 5) is 12.7. The van der Waals surface area contributed by atoms with Gasteiger partial charge in [-0.25, -0.2) is 0 Å². The third-order valence-electron chi connectivity index (χ3n) is 4.50. The molecule has 138 valence electrons. The molecule has 0 unspecified atom stereocenters. The second-order valence-electron chi connectivity index (χ2n) is 6.13. The van der Waals surface area contributed by atoms with Crippen LogP contribution in [0.5, 0.6) is 17.2 Å². The highest BCUT2D eigenvalue weighted by molar-refractivity contribution is 6.32. The molecule has 4 rings (SSSR count).